The Hall–Kier alpha value is -4.54. The molecule has 1 aliphatic rings. The monoisotopic (exact) mass is 511 g/mol. The zero-order valence-corrected chi connectivity index (χ0v) is 19.2. The van der Waals surface area contributed by atoms with E-state index in [0.717, 1.165) is 35.0 Å². The SMILES string of the molecule is O=C(O)c1cn(-c2ccc(O)cc2F)c2c(F)c(N3CCC[C@H]3COc3ccccn3)c(F)cc2c1=O. The molecule has 4 aromatic rings. The van der Waals surface area contributed by atoms with Crippen LogP contribution >= 0.6 is 0 Å². The van der Waals surface area contributed by atoms with Gasteiger partial charge in [0.15, 0.2) is 11.6 Å². The normalized spacial score (nSPS) is 15.3. The molecule has 190 valence electrons. The molecule has 0 unspecified atom stereocenters. The van der Waals surface area contributed by atoms with E-state index in [-0.39, 0.29) is 12.3 Å². The summed E-state index contributed by atoms with van der Waals surface area (Å²) in [5, 5.41) is 18.5. The lowest BCUT2D eigenvalue weighted by molar-refractivity contribution is 0.0695. The van der Waals surface area contributed by atoms with Crippen molar-refractivity contribution in [2.45, 2.75) is 18.9 Å². The number of carboxylic acids is 1. The van der Waals surface area contributed by atoms with Gasteiger partial charge in [0.1, 0.15) is 29.4 Å². The first-order valence-corrected chi connectivity index (χ1v) is 11.4. The molecule has 37 heavy (non-hydrogen) atoms. The first kappa shape index (κ1) is 24.2. The largest absolute Gasteiger partial charge is 0.508 e. The molecule has 2 N–H and O–H groups in total. The first-order chi connectivity index (χ1) is 17.8. The third kappa shape index (κ3) is 4.32. The average molecular weight is 511 g/mol. The number of benzene rings is 2. The molecule has 5 rings (SSSR count). The Labute approximate surface area is 207 Å². The maximum Gasteiger partial charge on any atom is 0.341 e. The van der Waals surface area contributed by atoms with Crippen LogP contribution in [0.4, 0.5) is 18.9 Å². The minimum absolute atomic E-state index is 0.0886. The van der Waals surface area contributed by atoms with Gasteiger partial charge in [-0.05, 0) is 37.1 Å². The molecule has 2 aromatic heterocycles. The van der Waals surface area contributed by atoms with Gasteiger partial charge in [0.05, 0.1) is 22.6 Å². The highest BCUT2D eigenvalue weighted by Crippen LogP contribution is 2.36. The number of aromatic carboxylic acids is 1. The predicted molar refractivity (Wildman–Crippen MR) is 128 cm³/mol. The van der Waals surface area contributed by atoms with Crippen molar-refractivity contribution in [1.29, 1.82) is 0 Å². The molecule has 0 bridgehead atoms. The van der Waals surface area contributed by atoms with Crippen LogP contribution in [-0.2, 0) is 0 Å². The third-order valence-electron chi connectivity index (χ3n) is 6.30. The second-order valence-corrected chi connectivity index (χ2v) is 8.57. The Morgan fingerprint density at radius 1 is 1.14 bits per heavy atom. The van der Waals surface area contributed by atoms with E-state index < -0.39 is 62.8 Å². The van der Waals surface area contributed by atoms with Gasteiger partial charge >= 0.3 is 5.97 Å². The fourth-order valence-electron chi connectivity index (χ4n) is 4.62. The summed E-state index contributed by atoms with van der Waals surface area (Å²) >= 11 is 0. The number of hydrogen-bond acceptors (Lipinski definition) is 6. The van der Waals surface area contributed by atoms with E-state index in [2.05, 4.69) is 4.98 Å². The molecule has 1 aliphatic heterocycles. The Balaban J connectivity index is 1.68. The molecule has 0 spiro atoms. The summed E-state index contributed by atoms with van der Waals surface area (Å²) in [4.78, 5) is 30.1. The molecule has 0 saturated carbocycles. The Morgan fingerprint density at radius 2 is 1.95 bits per heavy atom. The number of carbonyl (C=O) groups is 1. The van der Waals surface area contributed by atoms with Gasteiger partial charge in [-0.1, -0.05) is 6.07 Å². The number of phenols is 1. The quantitative estimate of drug-likeness (QED) is 0.399. The van der Waals surface area contributed by atoms with Gasteiger partial charge in [-0.2, -0.15) is 0 Å². The Morgan fingerprint density at radius 3 is 2.65 bits per heavy atom. The summed E-state index contributed by atoms with van der Waals surface area (Å²) in [5.41, 5.74) is -3.17. The number of anilines is 1. The van der Waals surface area contributed by atoms with Gasteiger partial charge in [-0.15, -0.1) is 0 Å². The molecule has 0 aliphatic carbocycles. The van der Waals surface area contributed by atoms with Crippen molar-refractivity contribution in [1.82, 2.24) is 9.55 Å². The van der Waals surface area contributed by atoms with Gasteiger partial charge < -0.3 is 24.4 Å². The minimum Gasteiger partial charge on any atom is -0.508 e. The average Bonchev–Trinajstić information content (AvgIpc) is 3.32. The van der Waals surface area contributed by atoms with Crippen molar-refractivity contribution >= 4 is 22.6 Å². The van der Waals surface area contributed by atoms with E-state index in [9.17, 15) is 24.2 Å². The molecule has 1 atom stereocenters. The Bertz CT molecular complexity index is 1580. The first-order valence-electron chi connectivity index (χ1n) is 11.4. The molecular weight excluding hydrogens is 491 g/mol. The molecule has 0 amide bonds. The maximum absolute atomic E-state index is 16.2. The van der Waals surface area contributed by atoms with Crippen LogP contribution in [0.3, 0.4) is 0 Å². The van der Waals surface area contributed by atoms with E-state index in [0.29, 0.717) is 25.3 Å². The van der Waals surface area contributed by atoms with Crippen LogP contribution in [-0.4, -0.2) is 44.9 Å². The van der Waals surface area contributed by atoms with Crippen LogP contribution in [0.15, 0.2) is 59.7 Å². The smallest absolute Gasteiger partial charge is 0.341 e. The molecule has 1 saturated heterocycles. The number of aromatic hydroxyl groups is 1. The number of phenolic OH excluding ortho intramolecular Hbond substituents is 1. The summed E-state index contributed by atoms with van der Waals surface area (Å²) in [7, 11) is 0. The number of rotatable bonds is 6. The van der Waals surface area contributed by atoms with E-state index in [1.165, 1.54) is 4.90 Å². The minimum atomic E-state index is -1.64. The van der Waals surface area contributed by atoms with Crippen molar-refractivity contribution in [3.8, 4) is 17.3 Å². The van der Waals surface area contributed by atoms with Gasteiger partial charge in [-0.25, -0.2) is 22.9 Å². The number of nitrogens with zero attached hydrogens (tertiary/aromatic N) is 3. The van der Waals surface area contributed by atoms with Crippen molar-refractivity contribution in [3.63, 3.8) is 0 Å². The van der Waals surface area contributed by atoms with E-state index >= 15 is 8.78 Å². The van der Waals surface area contributed by atoms with E-state index in [1.54, 1.807) is 24.4 Å². The zero-order chi connectivity index (χ0) is 26.3. The van der Waals surface area contributed by atoms with Gasteiger partial charge in [0.2, 0.25) is 11.3 Å². The van der Waals surface area contributed by atoms with Gasteiger partial charge in [-0.3, -0.25) is 4.79 Å². The number of aromatic nitrogens is 2. The van der Waals surface area contributed by atoms with Gasteiger partial charge in [0, 0.05) is 31.1 Å². The number of carboxylic acid groups (broad SMARTS) is 1. The second-order valence-electron chi connectivity index (χ2n) is 8.57. The Kier molecular flexibility index (Phi) is 6.20. The van der Waals surface area contributed by atoms with Crippen LogP contribution in [0.2, 0.25) is 0 Å². The van der Waals surface area contributed by atoms with E-state index in [1.807, 2.05) is 0 Å². The van der Waals surface area contributed by atoms with Crippen molar-refractivity contribution in [3.05, 3.63) is 88.1 Å². The van der Waals surface area contributed by atoms with Crippen LogP contribution in [0.5, 0.6) is 11.6 Å². The lowest BCUT2D eigenvalue weighted by Crippen LogP contribution is -2.36. The summed E-state index contributed by atoms with van der Waals surface area (Å²) in [6.45, 7) is 0.381. The molecule has 11 heteroatoms. The standard InChI is InChI=1S/C26H20F3N3O5/c27-18-10-15(33)6-7-20(18)32-12-17(26(35)36)25(34)16-11-19(28)24(22(29)23(16)32)31-9-3-4-14(31)13-37-21-5-1-2-8-30-21/h1-2,5-8,10-12,14,33H,3-4,9,13H2,(H,35,36)/t14-/m0/s1. The molecule has 0 radical (unpaired) electrons. The maximum atomic E-state index is 16.2. The van der Waals surface area contributed by atoms with E-state index in [4.69, 9.17) is 4.74 Å². The third-order valence-corrected chi connectivity index (χ3v) is 6.30. The summed E-state index contributed by atoms with van der Waals surface area (Å²) in [6.07, 6.45) is 3.53. The molecule has 2 aromatic carbocycles. The molecular formula is C26H20F3N3O5. The van der Waals surface area contributed by atoms with Crippen LogP contribution in [0, 0.1) is 17.5 Å². The fourth-order valence-corrected chi connectivity index (χ4v) is 4.62. The number of pyridine rings is 2. The zero-order valence-electron chi connectivity index (χ0n) is 19.2. The molecule has 3 heterocycles. The van der Waals surface area contributed by atoms with Crippen molar-refractivity contribution < 1.29 is 32.9 Å². The highest BCUT2D eigenvalue weighted by atomic mass is 19.1. The van der Waals surface area contributed by atoms with Gasteiger partial charge in [0.25, 0.3) is 0 Å². The number of halogens is 3. The second kappa shape index (κ2) is 9.49. The van der Waals surface area contributed by atoms with Crippen LogP contribution < -0.4 is 15.1 Å². The number of ether oxygens (including phenoxy) is 1. The highest BCUT2D eigenvalue weighted by molar-refractivity contribution is 5.94. The summed E-state index contributed by atoms with van der Waals surface area (Å²) in [5.74, 6) is -4.92. The van der Waals surface area contributed by atoms with Crippen LogP contribution in [0.1, 0.15) is 23.2 Å². The van der Waals surface area contributed by atoms with Crippen molar-refractivity contribution in [2.24, 2.45) is 0 Å². The predicted octanol–water partition coefficient (Wildman–Crippen LogP) is 4.25. The highest BCUT2D eigenvalue weighted by Gasteiger charge is 2.32. The lowest BCUT2D eigenvalue weighted by atomic mass is 10.1. The fraction of sp³-hybridized carbons (Fsp3) is 0.192. The van der Waals surface area contributed by atoms with Crippen LogP contribution in [0.25, 0.3) is 16.6 Å². The number of fused-ring (bicyclic) bond motifs is 1. The van der Waals surface area contributed by atoms with Crippen molar-refractivity contribution in [2.75, 3.05) is 18.1 Å². The molecule has 1 fully saturated rings. The summed E-state index contributed by atoms with van der Waals surface area (Å²) in [6, 6.07) is 8.44. The molecule has 8 nitrogen and oxygen atoms in total. The lowest BCUT2D eigenvalue weighted by Gasteiger charge is -2.28. The topological polar surface area (TPSA) is 105 Å². The number of hydrogen-bond donors (Lipinski definition) is 2. The summed E-state index contributed by atoms with van der Waals surface area (Å²) < 4.78 is 52.9.